The van der Waals surface area contributed by atoms with Gasteiger partial charge in [-0.15, -0.1) is 0 Å². The number of nitrogens with one attached hydrogen (secondary N) is 1. The fraction of sp³-hybridized carbons (Fsp3) is 0.125. The third-order valence-corrected chi connectivity index (χ3v) is 2.80. The molecule has 0 aliphatic rings. The van der Waals surface area contributed by atoms with Gasteiger partial charge in [-0.2, -0.15) is 0 Å². The van der Waals surface area contributed by atoms with Crippen LogP contribution in [-0.4, -0.2) is 11.7 Å². The van der Waals surface area contributed by atoms with E-state index >= 15 is 0 Å². The predicted molar refractivity (Wildman–Crippen MR) is 75.2 cm³/mol. The monoisotopic (exact) mass is 253 g/mol. The van der Waals surface area contributed by atoms with Crippen LogP contribution in [0, 0.1) is 0 Å². The molecule has 0 spiro atoms. The van der Waals surface area contributed by atoms with Crippen molar-refractivity contribution in [3.8, 4) is 0 Å². The van der Waals surface area contributed by atoms with Gasteiger partial charge in [0.1, 0.15) is 0 Å². The first kappa shape index (κ1) is 13.0. The van der Waals surface area contributed by atoms with Gasteiger partial charge >= 0.3 is 0 Å². The van der Waals surface area contributed by atoms with Gasteiger partial charge < -0.3 is 5.32 Å². The van der Waals surface area contributed by atoms with E-state index in [0.717, 1.165) is 0 Å². The van der Waals surface area contributed by atoms with E-state index in [9.17, 15) is 9.59 Å². The molecule has 0 aliphatic carbocycles. The number of carbonyl (C=O) groups excluding carboxylic acids is 2. The molecule has 0 saturated heterocycles. The highest BCUT2D eigenvalue weighted by Gasteiger charge is 2.13. The maximum Gasteiger partial charge on any atom is 0.224 e. The number of ketones is 1. The van der Waals surface area contributed by atoms with Gasteiger partial charge in [0.25, 0.3) is 0 Å². The van der Waals surface area contributed by atoms with Crippen molar-refractivity contribution < 1.29 is 9.59 Å². The van der Waals surface area contributed by atoms with Crippen LogP contribution in [0.4, 0.5) is 5.69 Å². The fourth-order valence-electron chi connectivity index (χ4n) is 1.77. The second-order valence-corrected chi connectivity index (χ2v) is 4.14. The van der Waals surface area contributed by atoms with Gasteiger partial charge in [0, 0.05) is 17.5 Å². The summed E-state index contributed by atoms with van der Waals surface area (Å²) in [6, 6.07) is 16.1. The minimum absolute atomic E-state index is 0.0902. The van der Waals surface area contributed by atoms with Crippen molar-refractivity contribution in [2.75, 3.05) is 5.32 Å². The van der Waals surface area contributed by atoms with E-state index < -0.39 is 0 Å². The summed E-state index contributed by atoms with van der Waals surface area (Å²) in [5, 5.41) is 2.75. The third-order valence-electron chi connectivity index (χ3n) is 2.80. The lowest BCUT2D eigenvalue weighted by atomic mass is 10.0. The van der Waals surface area contributed by atoms with Gasteiger partial charge in [-0.05, 0) is 12.1 Å². The maximum absolute atomic E-state index is 12.4. The molecule has 1 N–H and O–H groups in total. The number of anilines is 1. The molecule has 0 aliphatic heterocycles. The Bertz CT molecular complexity index is 591. The quantitative estimate of drug-likeness (QED) is 0.850. The Hall–Kier alpha value is -2.42. The van der Waals surface area contributed by atoms with Crippen molar-refractivity contribution in [2.45, 2.75) is 13.3 Å². The number of hydrogen-bond acceptors (Lipinski definition) is 2. The minimum Gasteiger partial charge on any atom is -0.325 e. The molecule has 2 aromatic carbocycles. The van der Waals surface area contributed by atoms with Gasteiger partial charge in [-0.1, -0.05) is 49.4 Å². The van der Waals surface area contributed by atoms with E-state index in [1.165, 1.54) is 0 Å². The zero-order valence-corrected chi connectivity index (χ0v) is 10.7. The maximum atomic E-state index is 12.4. The molecule has 0 fully saturated rings. The molecule has 1 amide bonds. The number of benzene rings is 2. The zero-order valence-electron chi connectivity index (χ0n) is 10.7. The minimum atomic E-state index is -0.103. The lowest BCUT2D eigenvalue weighted by molar-refractivity contribution is -0.115. The van der Waals surface area contributed by atoms with E-state index in [-0.39, 0.29) is 11.7 Å². The number of amides is 1. The average Bonchev–Trinajstić information content (AvgIpc) is 2.48. The molecule has 0 heterocycles. The number of rotatable bonds is 4. The summed E-state index contributed by atoms with van der Waals surface area (Å²) in [6.07, 6.45) is 0.383. The first-order valence-corrected chi connectivity index (χ1v) is 6.21. The third kappa shape index (κ3) is 3.07. The largest absolute Gasteiger partial charge is 0.325 e. The van der Waals surface area contributed by atoms with Crippen molar-refractivity contribution in [3.63, 3.8) is 0 Å². The van der Waals surface area contributed by atoms with E-state index in [4.69, 9.17) is 0 Å². The van der Waals surface area contributed by atoms with Gasteiger partial charge in [0.2, 0.25) is 5.91 Å². The molecule has 0 aromatic heterocycles. The lowest BCUT2D eigenvalue weighted by Gasteiger charge is -2.09. The van der Waals surface area contributed by atoms with Crippen LogP contribution in [0.3, 0.4) is 0 Å². The van der Waals surface area contributed by atoms with E-state index in [1.54, 1.807) is 43.3 Å². The molecule has 3 nitrogen and oxygen atoms in total. The molecule has 3 heteroatoms. The van der Waals surface area contributed by atoms with Crippen LogP contribution in [0.1, 0.15) is 29.3 Å². The molecule has 2 aromatic rings. The molecule has 0 bridgehead atoms. The summed E-state index contributed by atoms with van der Waals surface area (Å²) in [7, 11) is 0. The van der Waals surface area contributed by atoms with Crippen molar-refractivity contribution in [3.05, 3.63) is 65.7 Å². The second kappa shape index (κ2) is 5.96. The molecule has 0 unspecified atom stereocenters. The molecule has 19 heavy (non-hydrogen) atoms. The van der Waals surface area contributed by atoms with Crippen LogP contribution in [0.25, 0.3) is 0 Å². The summed E-state index contributed by atoms with van der Waals surface area (Å²) in [5.74, 6) is -0.194. The molecule has 96 valence electrons. The Morgan fingerprint density at radius 3 is 2.26 bits per heavy atom. The van der Waals surface area contributed by atoms with E-state index in [1.807, 2.05) is 18.2 Å². The summed E-state index contributed by atoms with van der Waals surface area (Å²) in [6.45, 7) is 1.77. The Morgan fingerprint density at radius 2 is 1.58 bits per heavy atom. The Kier molecular flexibility index (Phi) is 4.08. The van der Waals surface area contributed by atoms with Crippen molar-refractivity contribution in [1.29, 1.82) is 0 Å². The molecular formula is C16H15NO2. The summed E-state index contributed by atoms with van der Waals surface area (Å²) in [4.78, 5) is 23.9. The van der Waals surface area contributed by atoms with Gasteiger partial charge in [0.15, 0.2) is 5.78 Å². The highest BCUT2D eigenvalue weighted by atomic mass is 16.1. The first-order chi connectivity index (χ1) is 9.22. The van der Waals surface area contributed by atoms with Crippen LogP contribution in [0.2, 0.25) is 0 Å². The Balaban J connectivity index is 2.35. The van der Waals surface area contributed by atoms with Crippen LogP contribution < -0.4 is 5.32 Å². The van der Waals surface area contributed by atoms with Gasteiger partial charge in [-0.3, -0.25) is 9.59 Å². The van der Waals surface area contributed by atoms with Crippen molar-refractivity contribution in [1.82, 2.24) is 0 Å². The number of para-hydroxylation sites is 1. The second-order valence-electron chi connectivity index (χ2n) is 4.14. The molecule has 0 saturated carbocycles. The molecular weight excluding hydrogens is 238 g/mol. The number of carbonyl (C=O) groups is 2. The van der Waals surface area contributed by atoms with Crippen LogP contribution in [-0.2, 0) is 4.79 Å². The smallest absolute Gasteiger partial charge is 0.224 e. The highest BCUT2D eigenvalue weighted by Crippen LogP contribution is 2.19. The standard InChI is InChI=1S/C16H15NO2/c1-2-15(18)17-14-11-7-6-10-13(14)16(19)12-8-4-3-5-9-12/h3-11H,2H2,1H3,(H,17,18). The SMILES string of the molecule is CCC(=O)Nc1ccccc1C(=O)c1ccccc1. The van der Waals surface area contributed by atoms with Crippen LogP contribution in [0.5, 0.6) is 0 Å². The lowest BCUT2D eigenvalue weighted by Crippen LogP contribution is -2.13. The predicted octanol–water partition coefficient (Wildman–Crippen LogP) is 3.27. The fourth-order valence-corrected chi connectivity index (χ4v) is 1.77. The highest BCUT2D eigenvalue weighted by molar-refractivity contribution is 6.13. The van der Waals surface area contributed by atoms with Crippen molar-refractivity contribution in [2.24, 2.45) is 0 Å². The Labute approximate surface area is 112 Å². The van der Waals surface area contributed by atoms with Gasteiger partial charge in [-0.25, -0.2) is 0 Å². The first-order valence-electron chi connectivity index (χ1n) is 6.21. The van der Waals surface area contributed by atoms with Crippen LogP contribution >= 0.6 is 0 Å². The summed E-state index contributed by atoms with van der Waals surface area (Å²) >= 11 is 0. The normalized spacial score (nSPS) is 9.95. The zero-order chi connectivity index (χ0) is 13.7. The van der Waals surface area contributed by atoms with E-state index in [2.05, 4.69) is 5.32 Å². The number of hydrogen-bond donors (Lipinski definition) is 1. The molecule has 0 atom stereocenters. The average molecular weight is 253 g/mol. The van der Waals surface area contributed by atoms with E-state index in [0.29, 0.717) is 23.2 Å². The van der Waals surface area contributed by atoms with Crippen molar-refractivity contribution >= 4 is 17.4 Å². The summed E-state index contributed by atoms with van der Waals surface area (Å²) in [5.41, 5.74) is 1.68. The van der Waals surface area contributed by atoms with Gasteiger partial charge in [0.05, 0.1) is 5.69 Å². The topological polar surface area (TPSA) is 46.2 Å². The summed E-state index contributed by atoms with van der Waals surface area (Å²) < 4.78 is 0. The molecule has 2 rings (SSSR count). The molecule has 0 radical (unpaired) electrons. The van der Waals surface area contributed by atoms with Crippen LogP contribution in [0.15, 0.2) is 54.6 Å². The Morgan fingerprint density at radius 1 is 0.947 bits per heavy atom.